The van der Waals surface area contributed by atoms with Gasteiger partial charge >= 0.3 is 6.18 Å². The van der Waals surface area contributed by atoms with Crippen molar-refractivity contribution in [1.29, 1.82) is 0 Å². The Labute approximate surface area is 199 Å². The summed E-state index contributed by atoms with van der Waals surface area (Å²) in [5.74, 6) is 0.342. The number of allylic oxidation sites excluding steroid dienone is 1. The number of benzene rings is 1. The van der Waals surface area contributed by atoms with Gasteiger partial charge in [-0.25, -0.2) is 0 Å². The van der Waals surface area contributed by atoms with Gasteiger partial charge in [0.1, 0.15) is 11.4 Å². The molecule has 34 heavy (non-hydrogen) atoms. The molecule has 0 amide bonds. The van der Waals surface area contributed by atoms with E-state index in [9.17, 15) is 22.2 Å². The first-order valence-electron chi connectivity index (χ1n) is 10.8. The summed E-state index contributed by atoms with van der Waals surface area (Å²) in [5.41, 5.74) is 11.4. The smallest absolute Gasteiger partial charge is 0.402 e. The first-order chi connectivity index (χ1) is 15.8. The maximum atomic E-state index is 13.4. The Hall–Kier alpha value is -3.01. The molecule has 1 aliphatic carbocycles. The molecule has 0 saturated heterocycles. The number of nitrogen functional groups attached to an aromatic ring is 1. The SMILES string of the molecule is C=C(c1ccc(C2(C(=C)N)CC2)cc1S(=O)CC)N(C)c1c(N)cc(C(F)(F)F)n(CC)c1=O. The van der Waals surface area contributed by atoms with Gasteiger partial charge in [-0.15, -0.1) is 0 Å². The third-order valence-electron chi connectivity index (χ3n) is 6.37. The van der Waals surface area contributed by atoms with E-state index >= 15 is 0 Å². The van der Waals surface area contributed by atoms with Crippen molar-refractivity contribution in [2.45, 2.75) is 49.7 Å². The number of nitrogens with zero attached hydrogens (tertiary/aromatic N) is 2. The summed E-state index contributed by atoms with van der Waals surface area (Å²) in [7, 11) is 0.120. The number of rotatable bonds is 8. The number of hydrogen-bond acceptors (Lipinski definition) is 5. The number of alkyl halides is 3. The molecule has 1 unspecified atom stereocenters. The predicted molar refractivity (Wildman–Crippen MR) is 131 cm³/mol. The minimum atomic E-state index is -4.73. The second-order valence-electron chi connectivity index (χ2n) is 8.34. The van der Waals surface area contributed by atoms with Gasteiger partial charge in [0.2, 0.25) is 0 Å². The van der Waals surface area contributed by atoms with Crippen molar-refractivity contribution >= 4 is 27.9 Å². The monoisotopic (exact) mass is 494 g/mol. The highest BCUT2D eigenvalue weighted by molar-refractivity contribution is 7.85. The van der Waals surface area contributed by atoms with Crippen LogP contribution in [0.15, 0.2) is 52.8 Å². The van der Waals surface area contributed by atoms with Gasteiger partial charge in [0.25, 0.3) is 5.56 Å². The zero-order chi connectivity index (χ0) is 25.6. The van der Waals surface area contributed by atoms with E-state index in [0.29, 0.717) is 26.5 Å². The number of hydrogen-bond donors (Lipinski definition) is 2. The van der Waals surface area contributed by atoms with Crippen LogP contribution in [0.3, 0.4) is 0 Å². The summed E-state index contributed by atoms with van der Waals surface area (Å²) < 4.78 is 53.9. The maximum absolute atomic E-state index is 13.4. The van der Waals surface area contributed by atoms with Crippen molar-refractivity contribution in [1.82, 2.24) is 4.57 Å². The molecular weight excluding hydrogens is 465 g/mol. The summed E-state index contributed by atoms with van der Waals surface area (Å²) in [4.78, 5) is 14.9. The van der Waals surface area contributed by atoms with E-state index in [4.69, 9.17) is 11.5 Å². The topological polar surface area (TPSA) is 94.3 Å². The van der Waals surface area contributed by atoms with Crippen molar-refractivity contribution in [3.05, 3.63) is 70.3 Å². The second-order valence-corrected chi connectivity index (χ2v) is 10.0. The molecule has 1 fully saturated rings. The Morgan fingerprint density at radius 3 is 2.32 bits per heavy atom. The van der Waals surface area contributed by atoms with E-state index in [1.807, 2.05) is 12.1 Å². The molecule has 184 valence electrons. The fourth-order valence-electron chi connectivity index (χ4n) is 4.18. The highest BCUT2D eigenvalue weighted by Gasteiger charge is 2.46. The summed E-state index contributed by atoms with van der Waals surface area (Å²) in [6, 6.07) is 6.18. The number of nitrogens with two attached hydrogens (primary N) is 2. The summed E-state index contributed by atoms with van der Waals surface area (Å²) in [6.07, 6.45) is -3.04. The number of anilines is 2. The Morgan fingerprint density at radius 2 is 1.85 bits per heavy atom. The zero-order valence-corrected chi connectivity index (χ0v) is 20.3. The molecule has 1 aromatic heterocycles. The second kappa shape index (κ2) is 8.98. The lowest BCUT2D eigenvalue weighted by Gasteiger charge is -2.27. The van der Waals surface area contributed by atoms with Crippen LogP contribution in [-0.2, 0) is 28.9 Å². The van der Waals surface area contributed by atoms with Crippen LogP contribution in [0, 0.1) is 0 Å². The quantitative estimate of drug-likeness (QED) is 0.574. The molecule has 1 heterocycles. The van der Waals surface area contributed by atoms with Crippen molar-refractivity contribution in [3.8, 4) is 0 Å². The fraction of sp³-hybridized carbons (Fsp3) is 0.375. The first-order valence-corrected chi connectivity index (χ1v) is 12.1. The Balaban J connectivity index is 2.13. The normalized spacial score (nSPS) is 15.6. The molecule has 0 spiro atoms. The molecule has 1 aromatic carbocycles. The molecule has 4 N–H and O–H groups in total. The number of halogens is 3. The average Bonchev–Trinajstić information content (AvgIpc) is 3.59. The van der Waals surface area contributed by atoms with Crippen molar-refractivity contribution in [2.24, 2.45) is 5.73 Å². The van der Waals surface area contributed by atoms with Crippen LogP contribution in [0.5, 0.6) is 0 Å². The Morgan fingerprint density at radius 1 is 1.24 bits per heavy atom. The largest absolute Gasteiger partial charge is 0.431 e. The van der Waals surface area contributed by atoms with E-state index in [1.54, 1.807) is 13.0 Å². The van der Waals surface area contributed by atoms with Gasteiger partial charge in [-0.05, 0) is 37.5 Å². The summed E-state index contributed by atoms with van der Waals surface area (Å²) in [6.45, 7) is 11.0. The Kier molecular flexibility index (Phi) is 6.76. The molecule has 0 aliphatic heterocycles. The zero-order valence-electron chi connectivity index (χ0n) is 19.5. The van der Waals surface area contributed by atoms with Crippen LogP contribution in [0.25, 0.3) is 5.70 Å². The first kappa shape index (κ1) is 25.6. The third kappa shape index (κ3) is 4.26. The standard InChI is InChI=1S/C24H29F3N4O2S/c1-6-31-20(24(25,26)27)13-18(29)21(22(31)32)30(5)14(3)17-9-8-16(12-19(17)34(33)7-2)23(10-11-23)15(4)28/h8-9,12-13H,3-4,6-7,10-11,28-29H2,1-2,5H3. The van der Waals surface area contributed by atoms with Crippen molar-refractivity contribution < 1.29 is 17.4 Å². The lowest BCUT2D eigenvalue weighted by atomic mass is 9.92. The lowest BCUT2D eigenvalue weighted by Crippen LogP contribution is -2.33. The maximum Gasteiger partial charge on any atom is 0.431 e. The summed E-state index contributed by atoms with van der Waals surface area (Å²) in [5, 5.41) is 0. The van der Waals surface area contributed by atoms with Gasteiger partial charge in [0.15, 0.2) is 0 Å². The fourth-order valence-corrected chi connectivity index (χ4v) is 5.18. The van der Waals surface area contributed by atoms with E-state index < -0.39 is 28.2 Å². The lowest BCUT2D eigenvalue weighted by molar-refractivity contribution is -0.144. The van der Waals surface area contributed by atoms with Crippen LogP contribution < -0.4 is 21.9 Å². The molecule has 6 nitrogen and oxygen atoms in total. The van der Waals surface area contributed by atoms with Gasteiger partial charge < -0.3 is 20.9 Å². The minimum absolute atomic E-state index is 0.133. The molecule has 1 atom stereocenters. The minimum Gasteiger partial charge on any atom is -0.402 e. The number of aromatic nitrogens is 1. The van der Waals surface area contributed by atoms with Gasteiger partial charge in [-0.1, -0.05) is 32.2 Å². The predicted octanol–water partition coefficient (Wildman–Crippen LogP) is 4.21. The third-order valence-corrected chi connectivity index (χ3v) is 7.72. The summed E-state index contributed by atoms with van der Waals surface area (Å²) >= 11 is 0. The molecule has 0 radical (unpaired) electrons. The van der Waals surface area contributed by atoms with E-state index in [-0.39, 0.29) is 29.0 Å². The molecule has 0 bridgehead atoms. The molecule has 1 aliphatic rings. The highest BCUT2D eigenvalue weighted by Crippen LogP contribution is 2.52. The van der Waals surface area contributed by atoms with Crippen LogP contribution >= 0.6 is 0 Å². The van der Waals surface area contributed by atoms with Crippen LogP contribution in [0.1, 0.15) is 43.5 Å². The number of pyridine rings is 1. The molecule has 2 aromatic rings. The van der Waals surface area contributed by atoms with Gasteiger partial charge in [0.05, 0.1) is 16.5 Å². The van der Waals surface area contributed by atoms with Gasteiger partial charge in [-0.2, -0.15) is 13.2 Å². The van der Waals surface area contributed by atoms with Crippen LogP contribution in [0.2, 0.25) is 0 Å². The van der Waals surface area contributed by atoms with Crippen LogP contribution in [-0.4, -0.2) is 21.6 Å². The molecule has 10 heteroatoms. The van der Waals surface area contributed by atoms with Crippen molar-refractivity contribution in [2.75, 3.05) is 23.4 Å². The Bertz CT molecular complexity index is 1250. The highest BCUT2D eigenvalue weighted by atomic mass is 32.2. The van der Waals surface area contributed by atoms with Crippen LogP contribution in [0.4, 0.5) is 24.5 Å². The van der Waals surface area contributed by atoms with Gasteiger partial charge in [0, 0.05) is 46.6 Å². The van der Waals surface area contributed by atoms with Gasteiger partial charge in [-0.3, -0.25) is 9.00 Å². The molecule has 3 rings (SSSR count). The average molecular weight is 495 g/mol. The molecule has 1 saturated carbocycles. The van der Waals surface area contributed by atoms with Crippen molar-refractivity contribution in [3.63, 3.8) is 0 Å². The van der Waals surface area contributed by atoms with E-state index in [2.05, 4.69) is 13.2 Å². The molecular formula is C24H29F3N4O2S. The van der Waals surface area contributed by atoms with E-state index in [0.717, 1.165) is 24.5 Å². The van der Waals surface area contributed by atoms with E-state index in [1.165, 1.54) is 18.9 Å².